The molecule has 0 saturated carbocycles. The van der Waals surface area contributed by atoms with Crippen LogP contribution in [0.2, 0.25) is 0 Å². The Balaban J connectivity index is 1.94. The van der Waals surface area contributed by atoms with Crippen molar-refractivity contribution in [3.63, 3.8) is 0 Å². The number of ether oxygens (including phenoxy) is 1. The first-order valence-corrected chi connectivity index (χ1v) is 8.12. The maximum atomic E-state index is 12.9. The number of hydrogen-bond donors (Lipinski definition) is 1. The highest BCUT2D eigenvalue weighted by atomic mass is 16.5. The van der Waals surface area contributed by atoms with E-state index >= 15 is 0 Å². The zero-order chi connectivity index (χ0) is 17.6. The summed E-state index contributed by atoms with van der Waals surface area (Å²) in [7, 11) is 0. The van der Waals surface area contributed by atoms with E-state index < -0.39 is 5.97 Å². The Morgan fingerprint density at radius 3 is 2.56 bits per heavy atom. The predicted octanol–water partition coefficient (Wildman–Crippen LogP) is 2.92. The molecule has 5 heteroatoms. The van der Waals surface area contributed by atoms with E-state index in [1.807, 2.05) is 48.5 Å². The molecule has 0 aromatic heterocycles. The second kappa shape index (κ2) is 7.77. The van der Waals surface area contributed by atoms with Gasteiger partial charge in [0.15, 0.2) is 0 Å². The minimum atomic E-state index is -0.992. The molecule has 128 valence electrons. The molecule has 2 aromatic rings. The van der Waals surface area contributed by atoms with Crippen LogP contribution in [0.4, 0.5) is 0 Å². The van der Waals surface area contributed by atoms with Crippen LogP contribution in [0, 0.1) is 0 Å². The van der Waals surface area contributed by atoms with Crippen LogP contribution in [-0.2, 0) is 9.53 Å². The first-order valence-electron chi connectivity index (χ1n) is 8.12. The quantitative estimate of drug-likeness (QED) is 0.871. The summed E-state index contributed by atoms with van der Waals surface area (Å²) in [5.41, 5.74) is 3.13. The molecule has 0 radical (unpaired) electrons. The fourth-order valence-corrected chi connectivity index (χ4v) is 2.84. The summed E-state index contributed by atoms with van der Waals surface area (Å²) in [4.78, 5) is 25.4. The van der Waals surface area contributed by atoms with Gasteiger partial charge in [0.2, 0.25) is 0 Å². The Hall–Kier alpha value is -2.92. The van der Waals surface area contributed by atoms with E-state index in [9.17, 15) is 9.59 Å². The van der Waals surface area contributed by atoms with Gasteiger partial charge in [-0.25, -0.2) is 4.79 Å². The fraction of sp³-hybridized carbons (Fsp3) is 0.200. The molecule has 0 aliphatic carbocycles. The topological polar surface area (TPSA) is 66.8 Å². The maximum absolute atomic E-state index is 12.9. The summed E-state index contributed by atoms with van der Waals surface area (Å²) in [5.74, 6) is -1.00. The average molecular weight is 337 g/mol. The number of carboxylic acid groups (broad SMARTS) is 1. The number of carboxylic acids is 1. The largest absolute Gasteiger partial charge is 0.478 e. The van der Waals surface area contributed by atoms with Gasteiger partial charge in [-0.15, -0.1) is 0 Å². The molecule has 1 fully saturated rings. The normalized spacial score (nSPS) is 14.6. The molecule has 1 amide bonds. The molecule has 2 aromatic carbocycles. The van der Waals surface area contributed by atoms with Gasteiger partial charge >= 0.3 is 5.97 Å². The highest BCUT2D eigenvalue weighted by Gasteiger charge is 2.21. The zero-order valence-corrected chi connectivity index (χ0v) is 13.7. The standard InChI is InChI=1S/C20H19NO4/c22-19(23)9-8-15-4-3-5-16(14-15)17-6-1-2-7-18(17)20(24)21-10-12-25-13-11-21/h1-9,14H,10-13H2,(H,22,23)/b9-8+. The van der Waals surface area contributed by atoms with Crippen LogP contribution in [0.25, 0.3) is 17.2 Å². The third kappa shape index (κ3) is 4.14. The van der Waals surface area contributed by atoms with Gasteiger partial charge in [-0.05, 0) is 34.9 Å². The monoisotopic (exact) mass is 337 g/mol. The molecule has 0 atom stereocenters. The van der Waals surface area contributed by atoms with Crippen LogP contribution >= 0.6 is 0 Å². The Kier molecular flexibility index (Phi) is 5.26. The van der Waals surface area contributed by atoms with Gasteiger partial charge in [0.05, 0.1) is 13.2 Å². The summed E-state index contributed by atoms with van der Waals surface area (Å²) in [6.45, 7) is 2.30. The van der Waals surface area contributed by atoms with Gasteiger partial charge in [-0.3, -0.25) is 4.79 Å². The van der Waals surface area contributed by atoms with Crippen molar-refractivity contribution in [3.8, 4) is 11.1 Å². The van der Waals surface area contributed by atoms with E-state index in [2.05, 4.69) is 0 Å². The first-order chi connectivity index (χ1) is 12.1. The summed E-state index contributed by atoms with van der Waals surface area (Å²) < 4.78 is 5.31. The molecule has 5 nitrogen and oxygen atoms in total. The van der Waals surface area contributed by atoms with Crippen LogP contribution in [0.3, 0.4) is 0 Å². The van der Waals surface area contributed by atoms with Gasteiger partial charge in [0.25, 0.3) is 5.91 Å². The Labute approximate surface area is 146 Å². The van der Waals surface area contributed by atoms with E-state index in [4.69, 9.17) is 9.84 Å². The predicted molar refractivity (Wildman–Crippen MR) is 95.3 cm³/mol. The number of carbonyl (C=O) groups is 2. The fourth-order valence-electron chi connectivity index (χ4n) is 2.84. The summed E-state index contributed by atoms with van der Waals surface area (Å²) in [6, 6.07) is 15.0. The molecule has 1 aliphatic heterocycles. The number of carbonyl (C=O) groups excluding carboxylic acids is 1. The highest BCUT2D eigenvalue weighted by molar-refractivity contribution is 6.01. The van der Waals surface area contributed by atoms with E-state index in [0.29, 0.717) is 31.9 Å². The lowest BCUT2D eigenvalue weighted by molar-refractivity contribution is -0.131. The van der Waals surface area contributed by atoms with Crippen LogP contribution < -0.4 is 0 Å². The number of hydrogen-bond acceptors (Lipinski definition) is 3. The Morgan fingerprint density at radius 2 is 1.80 bits per heavy atom. The SMILES string of the molecule is O=C(O)/C=C/c1cccc(-c2ccccc2C(=O)N2CCOCC2)c1. The van der Waals surface area contributed by atoms with Gasteiger partial charge in [-0.1, -0.05) is 36.4 Å². The number of nitrogens with zero attached hydrogens (tertiary/aromatic N) is 1. The lowest BCUT2D eigenvalue weighted by atomic mass is 9.97. The van der Waals surface area contributed by atoms with Gasteiger partial charge in [0, 0.05) is 24.7 Å². The summed E-state index contributed by atoms with van der Waals surface area (Å²) in [6.07, 6.45) is 2.64. The van der Waals surface area contributed by atoms with Crippen LogP contribution in [-0.4, -0.2) is 48.2 Å². The third-order valence-corrected chi connectivity index (χ3v) is 4.07. The number of aliphatic carboxylic acids is 1. The number of morpholine rings is 1. The second-order valence-electron chi connectivity index (χ2n) is 5.75. The van der Waals surface area contributed by atoms with Crippen molar-refractivity contribution in [2.75, 3.05) is 26.3 Å². The lowest BCUT2D eigenvalue weighted by Crippen LogP contribution is -2.40. The van der Waals surface area contributed by atoms with Crippen molar-refractivity contribution < 1.29 is 19.4 Å². The minimum Gasteiger partial charge on any atom is -0.478 e. The molecule has 0 bridgehead atoms. The molecule has 3 rings (SSSR count). The van der Waals surface area contributed by atoms with Crippen molar-refractivity contribution in [3.05, 3.63) is 65.7 Å². The van der Waals surface area contributed by atoms with E-state index in [1.165, 1.54) is 6.08 Å². The second-order valence-corrected chi connectivity index (χ2v) is 5.75. The van der Waals surface area contributed by atoms with E-state index in [0.717, 1.165) is 22.8 Å². The van der Waals surface area contributed by atoms with E-state index in [1.54, 1.807) is 4.90 Å². The molecule has 1 aliphatic rings. The van der Waals surface area contributed by atoms with Gasteiger partial charge < -0.3 is 14.7 Å². The van der Waals surface area contributed by atoms with Crippen molar-refractivity contribution >= 4 is 18.0 Å². The Morgan fingerprint density at radius 1 is 1.04 bits per heavy atom. The molecule has 1 heterocycles. The van der Waals surface area contributed by atoms with E-state index in [-0.39, 0.29) is 5.91 Å². The van der Waals surface area contributed by atoms with Crippen molar-refractivity contribution in [2.24, 2.45) is 0 Å². The summed E-state index contributed by atoms with van der Waals surface area (Å²) >= 11 is 0. The molecular weight excluding hydrogens is 318 g/mol. The first kappa shape index (κ1) is 16.9. The molecule has 1 N–H and O–H groups in total. The Bertz CT molecular complexity index is 807. The van der Waals surface area contributed by atoms with Gasteiger partial charge in [0.1, 0.15) is 0 Å². The average Bonchev–Trinajstić information content (AvgIpc) is 2.67. The van der Waals surface area contributed by atoms with Crippen molar-refractivity contribution in [1.82, 2.24) is 4.90 Å². The summed E-state index contributed by atoms with van der Waals surface area (Å²) in [5, 5.41) is 8.78. The van der Waals surface area contributed by atoms with Crippen molar-refractivity contribution in [1.29, 1.82) is 0 Å². The van der Waals surface area contributed by atoms with Crippen molar-refractivity contribution in [2.45, 2.75) is 0 Å². The zero-order valence-electron chi connectivity index (χ0n) is 13.7. The third-order valence-electron chi connectivity index (χ3n) is 4.07. The minimum absolute atomic E-state index is 0.00891. The van der Waals surface area contributed by atoms with Gasteiger partial charge in [-0.2, -0.15) is 0 Å². The molecular formula is C20H19NO4. The van der Waals surface area contributed by atoms with Crippen LogP contribution in [0.15, 0.2) is 54.6 Å². The number of amides is 1. The lowest BCUT2D eigenvalue weighted by Gasteiger charge is -2.27. The maximum Gasteiger partial charge on any atom is 0.328 e. The molecule has 0 unspecified atom stereocenters. The molecule has 25 heavy (non-hydrogen) atoms. The molecule has 0 spiro atoms. The highest BCUT2D eigenvalue weighted by Crippen LogP contribution is 2.26. The van der Waals surface area contributed by atoms with Crippen LogP contribution in [0.1, 0.15) is 15.9 Å². The molecule has 1 saturated heterocycles. The number of benzene rings is 2. The number of rotatable bonds is 4. The van der Waals surface area contributed by atoms with Crippen LogP contribution in [0.5, 0.6) is 0 Å². The smallest absolute Gasteiger partial charge is 0.328 e.